The fourth-order valence-corrected chi connectivity index (χ4v) is 2.54. The van der Waals surface area contributed by atoms with Crippen molar-refractivity contribution in [3.05, 3.63) is 52.9 Å². The van der Waals surface area contributed by atoms with Gasteiger partial charge >= 0.3 is 0 Å². The molecule has 2 N–H and O–H groups in total. The minimum absolute atomic E-state index is 0.224. The summed E-state index contributed by atoms with van der Waals surface area (Å²) < 4.78 is 5.45. The molecule has 21 heavy (non-hydrogen) atoms. The minimum Gasteiger partial charge on any atom is -0.499 e. The molecule has 0 amide bonds. The van der Waals surface area contributed by atoms with Crippen LogP contribution in [0.5, 0.6) is 0 Å². The molecule has 1 aromatic carbocycles. The van der Waals surface area contributed by atoms with Crippen LogP contribution in [0.3, 0.4) is 0 Å². The van der Waals surface area contributed by atoms with Crippen LogP contribution in [0.2, 0.25) is 0 Å². The third-order valence-corrected chi connectivity index (χ3v) is 3.55. The summed E-state index contributed by atoms with van der Waals surface area (Å²) in [5.74, 6) is 0.896. The molecule has 1 aromatic rings. The highest BCUT2D eigenvalue weighted by Gasteiger charge is 2.18. The zero-order valence-electron chi connectivity index (χ0n) is 13.2. The number of hydrogen-bond donors (Lipinski definition) is 2. The van der Waals surface area contributed by atoms with Gasteiger partial charge in [0.2, 0.25) is 0 Å². The van der Waals surface area contributed by atoms with Crippen molar-refractivity contribution in [2.45, 2.75) is 32.7 Å². The van der Waals surface area contributed by atoms with E-state index in [0.29, 0.717) is 0 Å². The van der Waals surface area contributed by atoms with E-state index in [4.69, 9.17) is 4.74 Å². The molecule has 112 valence electrons. The molecule has 0 heterocycles. The lowest BCUT2D eigenvalue weighted by Crippen LogP contribution is -2.59. The molecule has 0 fully saturated rings. The van der Waals surface area contributed by atoms with Crippen molar-refractivity contribution in [1.82, 2.24) is 0 Å². The first kappa shape index (κ1) is 15.3. The highest BCUT2D eigenvalue weighted by molar-refractivity contribution is 5.51. The summed E-state index contributed by atoms with van der Waals surface area (Å²) in [4.78, 5) is 0. The van der Waals surface area contributed by atoms with Crippen LogP contribution in [0.4, 0.5) is 5.69 Å². The maximum Gasteiger partial charge on any atom is 0.167 e. The molecular weight excluding hydrogens is 262 g/mol. The number of aryl methyl sites for hydroxylation is 2. The Balaban J connectivity index is 2.13. The first-order chi connectivity index (χ1) is 10.2. The second-order valence-electron chi connectivity index (χ2n) is 5.22. The normalized spacial score (nSPS) is 18.4. The molecule has 1 aliphatic rings. The van der Waals surface area contributed by atoms with Gasteiger partial charge in [0.05, 0.1) is 13.2 Å². The van der Waals surface area contributed by atoms with Crippen molar-refractivity contribution in [2.24, 2.45) is 5.11 Å². The van der Waals surface area contributed by atoms with Gasteiger partial charge in [-0.25, -0.2) is 0 Å². The van der Waals surface area contributed by atoms with Crippen molar-refractivity contribution in [3.8, 4) is 0 Å². The summed E-state index contributed by atoms with van der Waals surface area (Å²) in [6.45, 7) is 4.31. The fraction of sp³-hybridized carbons (Fsp3) is 0.412. The quantitative estimate of drug-likeness (QED) is 0.816. The number of azo groups is 1. The van der Waals surface area contributed by atoms with E-state index in [1.807, 2.05) is 6.08 Å². The van der Waals surface area contributed by atoms with Crippen molar-refractivity contribution >= 4 is 5.69 Å². The van der Waals surface area contributed by atoms with Gasteiger partial charge in [0, 0.05) is 12.1 Å². The molecule has 4 heteroatoms. The van der Waals surface area contributed by atoms with E-state index in [9.17, 15) is 0 Å². The lowest BCUT2D eigenvalue weighted by atomic mass is 10.0. The van der Waals surface area contributed by atoms with Crippen molar-refractivity contribution in [2.75, 3.05) is 19.5 Å². The number of allylic oxidation sites excluding steroid dienone is 1. The van der Waals surface area contributed by atoms with E-state index in [0.717, 1.165) is 30.0 Å². The molecular formula is C17H24N3O+. The van der Waals surface area contributed by atoms with E-state index in [1.54, 1.807) is 14.2 Å². The van der Waals surface area contributed by atoms with Crippen molar-refractivity contribution in [1.29, 1.82) is 0 Å². The Bertz CT molecular complexity index is 588. The summed E-state index contributed by atoms with van der Waals surface area (Å²) in [7, 11) is 3.48. The second kappa shape index (κ2) is 7.07. The molecule has 0 aromatic heterocycles. The molecule has 0 radical (unpaired) electrons. The van der Waals surface area contributed by atoms with Crippen LogP contribution in [-0.2, 0) is 11.2 Å². The molecule has 1 atom stereocenters. The first-order valence-electron chi connectivity index (χ1n) is 7.36. The number of rotatable bonds is 5. The van der Waals surface area contributed by atoms with E-state index >= 15 is 0 Å². The predicted molar refractivity (Wildman–Crippen MR) is 85.1 cm³/mol. The molecule has 2 rings (SSSR count). The van der Waals surface area contributed by atoms with Gasteiger partial charge in [0.1, 0.15) is 5.76 Å². The largest absolute Gasteiger partial charge is 0.499 e. The Kier molecular flexibility index (Phi) is 5.14. The molecule has 0 bridgehead atoms. The number of ether oxygens (including phenoxy) is 1. The monoisotopic (exact) mass is 286 g/mol. The summed E-state index contributed by atoms with van der Waals surface area (Å²) in [6, 6.07) is 6.84. The van der Waals surface area contributed by atoms with E-state index in [2.05, 4.69) is 53.7 Å². The van der Waals surface area contributed by atoms with Crippen LogP contribution in [0.15, 0.2) is 46.9 Å². The summed E-state index contributed by atoms with van der Waals surface area (Å²) >= 11 is 0. The van der Waals surface area contributed by atoms with E-state index in [-0.39, 0.29) is 6.04 Å². The molecule has 0 spiro atoms. The summed E-state index contributed by atoms with van der Waals surface area (Å²) in [6.07, 6.45) is 5.97. The standard InChI is InChI=1S/C17H23N3O/c1-5-13-8-12(2)9-15(10-13)19-14-6-7-16(20-18-3)17(11-14)21-4/h6-10,14,19H,5,11H2,1-4H3/p+1. The molecule has 0 saturated heterocycles. The van der Waals surface area contributed by atoms with Crippen LogP contribution in [0.1, 0.15) is 24.5 Å². The minimum atomic E-state index is 0.224. The number of hydrogen-bond acceptors (Lipinski definition) is 3. The number of benzene rings is 1. The van der Waals surface area contributed by atoms with Gasteiger partial charge in [-0.1, -0.05) is 19.1 Å². The van der Waals surface area contributed by atoms with Crippen LogP contribution in [0.25, 0.3) is 0 Å². The van der Waals surface area contributed by atoms with Gasteiger partial charge in [-0.15, -0.1) is 5.11 Å². The van der Waals surface area contributed by atoms with E-state index < -0.39 is 0 Å². The van der Waals surface area contributed by atoms with Gasteiger partial charge in [0.15, 0.2) is 12.7 Å². The number of anilines is 1. The van der Waals surface area contributed by atoms with Gasteiger partial charge in [-0.05, 0) is 47.8 Å². The molecule has 0 aliphatic heterocycles. The lowest BCUT2D eigenvalue weighted by Gasteiger charge is -2.21. The Labute approximate surface area is 126 Å². The Morgan fingerprint density at radius 2 is 2.19 bits per heavy atom. The smallest absolute Gasteiger partial charge is 0.167 e. The number of methoxy groups -OCH3 is 1. The lowest BCUT2D eigenvalue weighted by molar-refractivity contribution is -0.497. The average Bonchev–Trinajstić information content (AvgIpc) is 2.48. The number of nitrogens with zero attached hydrogens (tertiary/aromatic N) is 1. The van der Waals surface area contributed by atoms with Crippen molar-refractivity contribution in [3.63, 3.8) is 0 Å². The second-order valence-corrected chi connectivity index (χ2v) is 5.22. The average molecular weight is 286 g/mol. The zero-order valence-corrected chi connectivity index (χ0v) is 13.2. The zero-order chi connectivity index (χ0) is 15.2. The third kappa shape index (κ3) is 3.94. The van der Waals surface area contributed by atoms with Gasteiger partial charge < -0.3 is 10.1 Å². The topological polar surface area (TPSA) is 47.6 Å². The number of nitrogens with one attached hydrogen (secondary N) is 2. The van der Waals surface area contributed by atoms with E-state index in [1.165, 1.54) is 11.1 Å². The van der Waals surface area contributed by atoms with Gasteiger partial charge in [-0.2, -0.15) is 0 Å². The Morgan fingerprint density at radius 1 is 1.38 bits per heavy atom. The maximum absolute atomic E-state index is 5.45. The molecule has 4 nitrogen and oxygen atoms in total. The summed E-state index contributed by atoms with van der Waals surface area (Å²) in [5.41, 5.74) is 4.65. The fourth-order valence-electron chi connectivity index (χ4n) is 2.54. The third-order valence-electron chi connectivity index (χ3n) is 3.55. The first-order valence-corrected chi connectivity index (χ1v) is 7.36. The summed E-state index contributed by atoms with van der Waals surface area (Å²) in [5, 5.41) is 10.6. The van der Waals surface area contributed by atoms with Crippen LogP contribution >= 0.6 is 0 Å². The Hall–Kier alpha value is -2.10. The Morgan fingerprint density at radius 3 is 2.86 bits per heavy atom. The maximum atomic E-state index is 5.45. The molecule has 1 aliphatic carbocycles. The highest BCUT2D eigenvalue weighted by Crippen LogP contribution is 2.24. The molecule has 0 saturated carbocycles. The van der Waals surface area contributed by atoms with Gasteiger partial charge in [0.25, 0.3) is 0 Å². The van der Waals surface area contributed by atoms with Crippen LogP contribution in [-0.4, -0.2) is 20.2 Å². The van der Waals surface area contributed by atoms with Gasteiger partial charge in [-0.3, -0.25) is 0 Å². The highest BCUT2D eigenvalue weighted by atomic mass is 16.5. The predicted octanol–water partition coefficient (Wildman–Crippen LogP) is 2.32. The SMILES string of the molecule is CCc1cc(C)cc(NC2C=CC(N=[NH+]C)=C(OC)C2)c1. The van der Waals surface area contributed by atoms with Crippen molar-refractivity contribution < 1.29 is 9.85 Å². The van der Waals surface area contributed by atoms with Crippen LogP contribution < -0.4 is 10.4 Å². The molecule has 1 unspecified atom stereocenters. The van der Waals surface area contributed by atoms with Crippen LogP contribution in [0, 0.1) is 6.92 Å².